The van der Waals surface area contributed by atoms with Gasteiger partial charge in [-0.3, -0.25) is 0 Å². The topological polar surface area (TPSA) is 45.0 Å². The molecule has 1 rings (SSSR count). The van der Waals surface area contributed by atoms with Crippen molar-refractivity contribution < 1.29 is 4.74 Å². The van der Waals surface area contributed by atoms with Gasteiger partial charge in [0.1, 0.15) is 0 Å². The zero-order valence-corrected chi connectivity index (χ0v) is 6.84. The Bertz CT molecular complexity index is 153. The summed E-state index contributed by atoms with van der Waals surface area (Å²) in [5.74, 6) is 0.600. The van der Waals surface area contributed by atoms with E-state index in [-0.39, 0.29) is 0 Å². The second kappa shape index (κ2) is 4.32. The van der Waals surface area contributed by atoms with E-state index in [9.17, 15) is 0 Å². The molecule has 1 aliphatic heterocycles. The van der Waals surface area contributed by atoms with Gasteiger partial charge in [0, 0.05) is 13.2 Å². The third kappa shape index (κ3) is 2.49. The maximum atomic E-state index is 8.26. The summed E-state index contributed by atoms with van der Waals surface area (Å²) in [6, 6.07) is 2.05. The van der Waals surface area contributed by atoms with Crippen LogP contribution in [0.25, 0.3) is 0 Å². The summed E-state index contributed by atoms with van der Waals surface area (Å²) in [6.07, 6.45) is 1.49. The molecule has 0 aliphatic carbocycles. The summed E-state index contributed by atoms with van der Waals surface area (Å²) in [5, 5.41) is 11.3. The Morgan fingerprint density at radius 2 is 2.55 bits per heavy atom. The number of hydrogen-bond acceptors (Lipinski definition) is 3. The van der Waals surface area contributed by atoms with Crippen molar-refractivity contribution in [3.8, 4) is 6.07 Å². The number of nitrogens with one attached hydrogen (secondary N) is 1. The first-order valence-corrected chi connectivity index (χ1v) is 4.04. The Balaban J connectivity index is 2.11. The smallest absolute Gasteiger partial charge is 0.0841 e. The molecule has 1 saturated heterocycles. The molecule has 0 radical (unpaired) electrons. The van der Waals surface area contributed by atoms with Gasteiger partial charge in [-0.15, -0.1) is 0 Å². The third-order valence-electron chi connectivity index (χ3n) is 2.14. The van der Waals surface area contributed by atoms with E-state index < -0.39 is 0 Å². The van der Waals surface area contributed by atoms with Crippen molar-refractivity contribution in [2.75, 3.05) is 19.7 Å². The van der Waals surface area contributed by atoms with Gasteiger partial charge in [-0.25, -0.2) is 0 Å². The van der Waals surface area contributed by atoms with Crippen LogP contribution in [0.5, 0.6) is 0 Å². The van der Waals surface area contributed by atoms with Crippen LogP contribution in [-0.2, 0) is 4.74 Å². The fourth-order valence-electron chi connectivity index (χ4n) is 1.36. The standard InChI is InChI=1S/C8H14N2O/c1-7-8(2-5-11-7)6-10-4-3-9/h7-8,10H,2,4-6H2,1H3. The fraction of sp³-hybridized carbons (Fsp3) is 0.875. The van der Waals surface area contributed by atoms with Crippen molar-refractivity contribution in [2.45, 2.75) is 19.4 Å². The summed E-state index contributed by atoms with van der Waals surface area (Å²) in [6.45, 7) is 4.32. The van der Waals surface area contributed by atoms with E-state index in [4.69, 9.17) is 10.00 Å². The van der Waals surface area contributed by atoms with Crippen molar-refractivity contribution in [1.82, 2.24) is 5.32 Å². The lowest BCUT2D eigenvalue weighted by Crippen LogP contribution is -2.27. The molecule has 1 heterocycles. The second-order valence-corrected chi connectivity index (χ2v) is 2.91. The maximum Gasteiger partial charge on any atom is 0.0841 e. The van der Waals surface area contributed by atoms with E-state index in [0.717, 1.165) is 19.6 Å². The molecule has 2 atom stereocenters. The molecule has 2 unspecified atom stereocenters. The van der Waals surface area contributed by atoms with Crippen LogP contribution in [-0.4, -0.2) is 25.8 Å². The van der Waals surface area contributed by atoms with Crippen LogP contribution in [0.1, 0.15) is 13.3 Å². The van der Waals surface area contributed by atoms with Crippen molar-refractivity contribution in [1.29, 1.82) is 5.26 Å². The van der Waals surface area contributed by atoms with Crippen LogP contribution < -0.4 is 5.32 Å². The normalized spacial score (nSPS) is 30.2. The minimum absolute atomic E-state index is 0.362. The lowest BCUT2D eigenvalue weighted by Gasteiger charge is -2.12. The molecule has 0 aromatic heterocycles. The summed E-state index contributed by atoms with van der Waals surface area (Å²) in [5.41, 5.74) is 0. The van der Waals surface area contributed by atoms with Crippen molar-refractivity contribution in [3.63, 3.8) is 0 Å². The van der Waals surface area contributed by atoms with Gasteiger partial charge in [0.2, 0.25) is 0 Å². The van der Waals surface area contributed by atoms with Crippen LogP contribution >= 0.6 is 0 Å². The summed E-state index contributed by atoms with van der Waals surface area (Å²) in [7, 11) is 0. The average molecular weight is 154 g/mol. The molecule has 1 fully saturated rings. The van der Waals surface area contributed by atoms with Gasteiger partial charge in [0.25, 0.3) is 0 Å². The second-order valence-electron chi connectivity index (χ2n) is 2.91. The van der Waals surface area contributed by atoms with Crippen molar-refractivity contribution >= 4 is 0 Å². The van der Waals surface area contributed by atoms with Crippen molar-refractivity contribution in [3.05, 3.63) is 0 Å². The van der Waals surface area contributed by atoms with E-state index in [0.29, 0.717) is 18.6 Å². The molecular weight excluding hydrogens is 140 g/mol. The molecule has 0 aromatic carbocycles. The van der Waals surface area contributed by atoms with Gasteiger partial charge in [-0.2, -0.15) is 5.26 Å². The number of hydrogen-bond donors (Lipinski definition) is 1. The highest BCUT2D eigenvalue weighted by Gasteiger charge is 2.23. The molecule has 0 bridgehead atoms. The van der Waals surface area contributed by atoms with Gasteiger partial charge in [0.05, 0.1) is 18.7 Å². The Morgan fingerprint density at radius 1 is 1.73 bits per heavy atom. The average Bonchev–Trinajstić information content (AvgIpc) is 2.37. The van der Waals surface area contributed by atoms with Crippen LogP contribution in [0, 0.1) is 17.2 Å². The Hall–Kier alpha value is -0.590. The minimum atomic E-state index is 0.362. The summed E-state index contributed by atoms with van der Waals surface area (Å²) >= 11 is 0. The molecule has 1 aliphatic rings. The van der Waals surface area contributed by atoms with E-state index in [1.807, 2.05) is 0 Å². The van der Waals surface area contributed by atoms with Crippen LogP contribution in [0.4, 0.5) is 0 Å². The lowest BCUT2D eigenvalue weighted by molar-refractivity contribution is 0.106. The largest absolute Gasteiger partial charge is 0.378 e. The first-order chi connectivity index (χ1) is 5.34. The van der Waals surface area contributed by atoms with E-state index >= 15 is 0 Å². The molecule has 0 aromatic rings. The van der Waals surface area contributed by atoms with Crippen LogP contribution in [0.15, 0.2) is 0 Å². The van der Waals surface area contributed by atoms with Gasteiger partial charge >= 0.3 is 0 Å². The highest BCUT2D eigenvalue weighted by Crippen LogP contribution is 2.18. The predicted molar refractivity (Wildman–Crippen MR) is 42.0 cm³/mol. The summed E-state index contributed by atoms with van der Waals surface area (Å²) in [4.78, 5) is 0. The highest BCUT2D eigenvalue weighted by atomic mass is 16.5. The predicted octanol–water partition coefficient (Wildman–Crippen LogP) is 0.525. The van der Waals surface area contributed by atoms with E-state index in [1.165, 1.54) is 0 Å². The molecule has 0 amide bonds. The molecule has 3 heteroatoms. The van der Waals surface area contributed by atoms with Crippen molar-refractivity contribution in [2.24, 2.45) is 5.92 Å². The molecular formula is C8H14N2O. The first kappa shape index (κ1) is 8.51. The number of nitrogens with zero attached hydrogens (tertiary/aromatic N) is 1. The molecule has 3 nitrogen and oxygen atoms in total. The monoisotopic (exact) mass is 154 g/mol. The Morgan fingerprint density at radius 3 is 3.09 bits per heavy atom. The quantitative estimate of drug-likeness (QED) is 0.476. The maximum absolute atomic E-state index is 8.26. The zero-order valence-electron chi connectivity index (χ0n) is 6.84. The molecule has 1 N–H and O–H groups in total. The molecule has 62 valence electrons. The Labute approximate surface area is 67.3 Å². The minimum Gasteiger partial charge on any atom is -0.378 e. The van der Waals surface area contributed by atoms with Crippen LogP contribution in [0.2, 0.25) is 0 Å². The number of nitriles is 1. The van der Waals surface area contributed by atoms with Gasteiger partial charge < -0.3 is 10.1 Å². The molecule has 0 saturated carbocycles. The van der Waals surface area contributed by atoms with Gasteiger partial charge in [-0.1, -0.05) is 0 Å². The molecule has 11 heavy (non-hydrogen) atoms. The number of rotatable bonds is 3. The van der Waals surface area contributed by atoms with Gasteiger partial charge in [0.15, 0.2) is 0 Å². The van der Waals surface area contributed by atoms with Crippen LogP contribution in [0.3, 0.4) is 0 Å². The SMILES string of the molecule is CC1OCCC1CNCC#N. The molecule has 0 spiro atoms. The highest BCUT2D eigenvalue weighted by molar-refractivity contribution is 4.78. The lowest BCUT2D eigenvalue weighted by atomic mass is 10.0. The first-order valence-electron chi connectivity index (χ1n) is 4.04. The van der Waals surface area contributed by atoms with E-state index in [2.05, 4.69) is 18.3 Å². The fourth-order valence-corrected chi connectivity index (χ4v) is 1.36. The Kier molecular flexibility index (Phi) is 3.34. The van der Waals surface area contributed by atoms with Gasteiger partial charge in [-0.05, 0) is 19.3 Å². The zero-order chi connectivity index (χ0) is 8.10. The van der Waals surface area contributed by atoms with E-state index in [1.54, 1.807) is 0 Å². The third-order valence-corrected chi connectivity index (χ3v) is 2.14. The summed E-state index contributed by atoms with van der Waals surface area (Å²) < 4.78 is 5.37. The number of ether oxygens (including phenoxy) is 1.